The van der Waals surface area contributed by atoms with Crippen LogP contribution in [0, 0.1) is 13.8 Å². The second-order valence-corrected chi connectivity index (χ2v) is 6.30. The van der Waals surface area contributed by atoms with E-state index in [4.69, 9.17) is 5.73 Å². The minimum Gasteiger partial charge on any atom is -0.383 e. The number of nitrogens with zero attached hydrogens (tertiary/aromatic N) is 2. The summed E-state index contributed by atoms with van der Waals surface area (Å²) in [5, 5.41) is 0. The highest BCUT2D eigenvalue weighted by molar-refractivity contribution is 6.08. The number of hydrogen-bond donors (Lipinski definition) is 2. The maximum atomic E-state index is 13.1. The molecule has 0 radical (unpaired) electrons. The third kappa shape index (κ3) is 3.56. The van der Waals surface area contributed by atoms with E-state index in [1.54, 1.807) is 19.1 Å². The molecule has 1 amide bonds. The average molecular weight is 358 g/mol. The lowest BCUT2D eigenvalue weighted by molar-refractivity contribution is 0.0987. The number of benzene rings is 1. The van der Waals surface area contributed by atoms with Crippen LogP contribution in [0.4, 0.5) is 11.5 Å². The first-order valence-corrected chi connectivity index (χ1v) is 8.84. The van der Waals surface area contributed by atoms with Gasteiger partial charge in [-0.3, -0.25) is 19.1 Å². The van der Waals surface area contributed by atoms with Gasteiger partial charge in [0, 0.05) is 18.7 Å². The third-order valence-corrected chi connectivity index (χ3v) is 4.62. The lowest BCUT2D eigenvalue weighted by Crippen LogP contribution is -2.41. The zero-order valence-electron chi connectivity index (χ0n) is 15.8. The maximum Gasteiger partial charge on any atom is 0.330 e. The summed E-state index contributed by atoms with van der Waals surface area (Å²) in [5.41, 5.74) is 7.30. The normalized spacial score (nSPS) is 10.8. The molecule has 0 bridgehead atoms. The third-order valence-electron chi connectivity index (χ3n) is 4.62. The summed E-state index contributed by atoms with van der Waals surface area (Å²) in [5.74, 6) is -0.292. The summed E-state index contributed by atoms with van der Waals surface area (Å²) < 4.78 is 1.32. The van der Waals surface area contributed by atoms with Gasteiger partial charge in [-0.1, -0.05) is 25.5 Å². The predicted octanol–water partition coefficient (Wildman–Crippen LogP) is 2.20. The molecule has 1 aromatic heterocycles. The van der Waals surface area contributed by atoms with Crippen LogP contribution in [0.2, 0.25) is 0 Å². The molecule has 2 rings (SSSR count). The van der Waals surface area contributed by atoms with Crippen LogP contribution in [0.25, 0.3) is 0 Å². The Kier molecular flexibility index (Phi) is 6.02. The first kappa shape index (κ1) is 19.5. The molecule has 0 fully saturated rings. The molecular weight excluding hydrogens is 332 g/mol. The molecule has 0 saturated heterocycles. The number of H-pyrrole nitrogens is 1. The molecule has 7 nitrogen and oxygen atoms in total. The van der Waals surface area contributed by atoms with Gasteiger partial charge in [-0.05, 0) is 44.4 Å². The summed E-state index contributed by atoms with van der Waals surface area (Å²) in [4.78, 5) is 41.2. The molecule has 0 aliphatic heterocycles. The van der Waals surface area contributed by atoms with Crippen LogP contribution in [-0.4, -0.2) is 22.0 Å². The molecule has 0 saturated carbocycles. The zero-order valence-corrected chi connectivity index (χ0v) is 15.8. The Bertz CT molecular complexity index is 927. The van der Waals surface area contributed by atoms with E-state index < -0.39 is 11.2 Å². The van der Waals surface area contributed by atoms with Gasteiger partial charge in [0.05, 0.1) is 0 Å². The lowest BCUT2D eigenvalue weighted by atomic mass is 10.0. The van der Waals surface area contributed by atoms with E-state index in [9.17, 15) is 14.4 Å². The fourth-order valence-corrected chi connectivity index (χ4v) is 2.91. The van der Waals surface area contributed by atoms with Gasteiger partial charge in [-0.25, -0.2) is 4.79 Å². The van der Waals surface area contributed by atoms with E-state index in [0.717, 1.165) is 24.0 Å². The molecule has 0 aliphatic rings. The van der Waals surface area contributed by atoms with Gasteiger partial charge in [0.2, 0.25) is 0 Å². The van der Waals surface area contributed by atoms with Gasteiger partial charge in [-0.15, -0.1) is 0 Å². The SMILES string of the molecule is CCCCn1c(N)c(N(CC)C(=O)c2cccc(C)c2C)c(=O)[nH]c1=O. The number of carbonyl (C=O) groups is 1. The van der Waals surface area contributed by atoms with Gasteiger partial charge in [0.1, 0.15) is 5.82 Å². The highest BCUT2D eigenvalue weighted by Gasteiger charge is 2.25. The van der Waals surface area contributed by atoms with Gasteiger partial charge in [0.25, 0.3) is 11.5 Å². The molecule has 0 aliphatic carbocycles. The number of aromatic nitrogens is 2. The Labute approximate surface area is 152 Å². The van der Waals surface area contributed by atoms with Gasteiger partial charge < -0.3 is 10.6 Å². The largest absolute Gasteiger partial charge is 0.383 e. The number of unbranched alkanes of at least 4 members (excludes halogenated alkanes) is 1. The Balaban J connectivity index is 2.60. The van der Waals surface area contributed by atoms with Crippen molar-refractivity contribution in [1.82, 2.24) is 9.55 Å². The number of nitrogen functional groups attached to an aromatic ring is 1. The van der Waals surface area contributed by atoms with Crippen molar-refractivity contribution < 1.29 is 4.79 Å². The standard InChI is InChI=1S/C19H26N4O3/c1-5-7-11-23-16(20)15(17(24)21-19(23)26)22(6-2)18(25)14-10-8-9-12(3)13(14)4/h8-10H,5-7,11,20H2,1-4H3,(H,21,24,26). The summed E-state index contributed by atoms with van der Waals surface area (Å²) in [7, 11) is 0. The van der Waals surface area contributed by atoms with E-state index in [2.05, 4.69) is 4.98 Å². The van der Waals surface area contributed by atoms with E-state index >= 15 is 0 Å². The highest BCUT2D eigenvalue weighted by atomic mass is 16.2. The summed E-state index contributed by atoms with van der Waals surface area (Å²) in [6.45, 7) is 8.20. The van der Waals surface area contributed by atoms with Crippen molar-refractivity contribution in [2.75, 3.05) is 17.2 Å². The first-order valence-electron chi connectivity index (χ1n) is 8.84. The van der Waals surface area contributed by atoms with Crippen molar-refractivity contribution in [3.05, 3.63) is 55.7 Å². The molecule has 140 valence electrons. The van der Waals surface area contributed by atoms with Crippen LogP contribution in [-0.2, 0) is 6.54 Å². The number of aromatic amines is 1. The van der Waals surface area contributed by atoms with Gasteiger partial charge in [0.15, 0.2) is 5.69 Å². The topological polar surface area (TPSA) is 101 Å². The van der Waals surface area contributed by atoms with Crippen molar-refractivity contribution in [1.29, 1.82) is 0 Å². The smallest absolute Gasteiger partial charge is 0.330 e. The van der Waals surface area contributed by atoms with E-state index in [0.29, 0.717) is 12.1 Å². The zero-order chi connectivity index (χ0) is 19.4. The monoisotopic (exact) mass is 358 g/mol. The number of rotatable bonds is 6. The minimum atomic E-state index is -0.652. The van der Waals surface area contributed by atoms with Crippen molar-refractivity contribution in [3.8, 4) is 0 Å². The minimum absolute atomic E-state index is 0.0210. The quantitative estimate of drug-likeness (QED) is 0.826. The number of aryl methyl sites for hydroxylation is 1. The highest BCUT2D eigenvalue weighted by Crippen LogP contribution is 2.22. The number of anilines is 2. The molecule has 26 heavy (non-hydrogen) atoms. The van der Waals surface area contributed by atoms with E-state index in [1.165, 1.54) is 9.47 Å². The number of nitrogens with one attached hydrogen (secondary N) is 1. The summed E-state index contributed by atoms with van der Waals surface area (Å²) in [6, 6.07) is 5.46. The Morgan fingerprint density at radius 2 is 1.92 bits per heavy atom. The number of carbonyl (C=O) groups excluding carboxylic acids is 1. The number of hydrogen-bond acceptors (Lipinski definition) is 4. The molecule has 7 heteroatoms. The fraction of sp³-hybridized carbons (Fsp3) is 0.421. The fourth-order valence-electron chi connectivity index (χ4n) is 2.91. The summed E-state index contributed by atoms with van der Waals surface area (Å²) in [6.07, 6.45) is 1.62. The molecule has 3 N–H and O–H groups in total. The maximum absolute atomic E-state index is 13.1. The van der Waals surface area contributed by atoms with Crippen molar-refractivity contribution in [3.63, 3.8) is 0 Å². The van der Waals surface area contributed by atoms with Crippen molar-refractivity contribution in [2.24, 2.45) is 0 Å². The molecule has 1 aromatic carbocycles. The van der Waals surface area contributed by atoms with Crippen LogP contribution in [0.3, 0.4) is 0 Å². The van der Waals surface area contributed by atoms with E-state index in [-0.39, 0.29) is 24.0 Å². The molecule has 2 aromatic rings. The number of nitrogens with two attached hydrogens (primary N) is 1. The van der Waals surface area contributed by atoms with Crippen molar-refractivity contribution in [2.45, 2.75) is 47.1 Å². The average Bonchev–Trinajstić information content (AvgIpc) is 2.60. The van der Waals surface area contributed by atoms with Crippen LogP contribution in [0.1, 0.15) is 48.2 Å². The molecule has 0 atom stereocenters. The van der Waals surface area contributed by atoms with Crippen molar-refractivity contribution >= 4 is 17.4 Å². The van der Waals surface area contributed by atoms with Crippen LogP contribution < -0.4 is 21.9 Å². The molecule has 0 spiro atoms. The Morgan fingerprint density at radius 3 is 2.54 bits per heavy atom. The van der Waals surface area contributed by atoms with Gasteiger partial charge >= 0.3 is 5.69 Å². The lowest BCUT2D eigenvalue weighted by Gasteiger charge is -2.24. The van der Waals surface area contributed by atoms with E-state index in [1.807, 2.05) is 26.8 Å². The summed E-state index contributed by atoms with van der Waals surface area (Å²) >= 11 is 0. The Morgan fingerprint density at radius 1 is 1.23 bits per heavy atom. The number of amides is 1. The predicted molar refractivity (Wildman–Crippen MR) is 104 cm³/mol. The second-order valence-electron chi connectivity index (χ2n) is 6.30. The molecule has 1 heterocycles. The van der Waals surface area contributed by atoms with Crippen LogP contribution >= 0.6 is 0 Å². The Hall–Kier alpha value is -2.83. The first-order chi connectivity index (χ1) is 12.3. The molecular formula is C19H26N4O3. The van der Waals surface area contributed by atoms with Crippen LogP contribution in [0.5, 0.6) is 0 Å². The second kappa shape index (κ2) is 8.03. The van der Waals surface area contributed by atoms with Gasteiger partial charge in [-0.2, -0.15) is 0 Å². The van der Waals surface area contributed by atoms with Crippen LogP contribution in [0.15, 0.2) is 27.8 Å². The molecule has 0 unspecified atom stereocenters.